The minimum atomic E-state index is -4.35. The van der Waals surface area contributed by atoms with E-state index in [1.165, 1.54) is 12.1 Å². The van der Waals surface area contributed by atoms with Crippen molar-refractivity contribution < 1.29 is 13.2 Å². The highest BCUT2D eigenvalue weighted by Crippen LogP contribution is 2.30. The Morgan fingerprint density at radius 1 is 1.10 bits per heavy atom. The molecule has 6 heteroatoms. The van der Waals surface area contributed by atoms with Crippen molar-refractivity contribution in [1.82, 2.24) is 9.97 Å². The molecule has 21 heavy (non-hydrogen) atoms. The number of aromatic nitrogens is 2. The maximum absolute atomic E-state index is 12.5. The summed E-state index contributed by atoms with van der Waals surface area (Å²) < 4.78 is 37.6. The first-order valence-electron chi connectivity index (χ1n) is 6.47. The molecule has 0 aliphatic carbocycles. The fourth-order valence-corrected chi connectivity index (χ4v) is 2.13. The van der Waals surface area contributed by atoms with Crippen molar-refractivity contribution in [1.29, 1.82) is 0 Å². The molecule has 1 aromatic heterocycles. The molecule has 0 aliphatic rings. The Bertz CT molecular complexity index is 622. The summed E-state index contributed by atoms with van der Waals surface area (Å²) in [5, 5.41) is 0.288. The maximum atomic E-state index is 12.5. The van der Waals surface area contributed by atoms with Crippen molar-refractivity contribution in [2.24, 2.45) is 5.92 Å². The van der Waals surface area contributed by atoms with E-state index in [-0.39, 0.29) is 5.15 Å². The van der Waals surface area contributed by atoms with E-state index in [2.05, 4.69) is 9.97 Å². The van der Waals surface area contributed by atoms with Gasteiger partial charge in [-0.15, -0.1) is 0 Å². The van der Waals surface area contributed by atoms with Crippen LogP contribution in [0.5, 0.6) is 0 Å². The van der Waals surface area contributed by atoms with Crippen LogP contribution in [0.15, 0.2) is 30.3 Å². The van der Waals surface area contributed by atoms with Crippen LogP contribution in [0.3, 0.4) is 0 Å². The zero-order valence-corrected chi connectivity index (χ0v) is 12.3. The molecule has 2 aromatic rings. The Kier molecular flexibility index (Phi) is 4.52. The standard InChI is InChI=1S/C15H14ClF3N2/c1-9(2)7-12-8-13(16)21-14(20-12)10-3-5-11(6-4-10)15(17,18)19/h3-6,8-9H,7H2,1-2H3. The molecule has 0 aliphatic heterocycles. The highest BCUT2D eigenvalue weighted by atomic mass is 35.5. The first-order valence-corrected chi connectivity index (χ1v) is 6.84. The van der Waals surface area contributed by atoms with Crippen LogP contribution in [0.4, 0.5) is 13.2 Å². The van der Waals surface area contributed by atoms with E-state index in [1.54, 1.807) is 6.07 Å². The third-order valence-electron chi connectivity index (χ3n) is 2.84. The van der Waals surface area contributed by atoms with Gasteiger partial charge in [0.1, 0.15) is 5.15 Å². The molecule has 0 fully saturated rings. The summed E-state index contributed by atoms with van der Waals surface area (Å²) in [6.07, 6.45) is -3.62. The average Bonchev–Trinajstić information content (AvgIpc) is 2.36. The van der Waals surface area contributed by atoms with Crippen LogP contribution < -0.4 is 0 Å². The van der Waals surface area contributed by atoms with Gasteiger partial charge in [-0.2, -0.15) is 13.2 Å². The predicted molar refractivity (Wildman–Crippen MR) is 76.0 cm³/mol. The Hall–Kier alpha value is -1.62. The van der Waals surface area contributed by atoms with Crippen molar-refractivity contribution in [3.05, 3.63) is 46.7 Å². The highest BCUT2D eigenvalue weighted by molar-refractivity contribution is 6.29. The summed E-state index contributed by atoms with van der Waals surface area (Å²) in [5.74, 6) is 0.739. The first-order chi connectivity index (χ1) is 9.75. The summed E-state index contributed by atoms with van der Waals surface area (Å²) in [7, 11) is 0. The van der Waals surface area contributed by atoms with Gasteiger partial charge in [0.2, 0.25) is 0 Å². The smallest absolute Gasteiger partial charge is 0.233 e. The second-order valence-electron chi connectivity index (χ2n) is 5.18. The third kappa shape index (κ3) is 4.17. The third-order valence-corrected chi connectivity index (χ3v) is 3.03. The van der Waals surface area contributed by atoms with E-state index in [4.69, 9.17) is 11.6 Å². The molecule has 0 amide bonds. The summed E-state index contributed by atoms with van der Waals surface area (Å²) in [5.41, 5.74) is 0.589. The number of hydrogen-bond acceptors (Lipinski definition) is 2. The Morgan fingerprint density at radius 3 is 2.24 bits per heavy atom. The van der Waals surface area contributed by atoms with Crippen molar-refractivity contribution in [3.8, 4) is 11.4 Å². The first kappa shape index (κ1) is 15.8. The van der Waals surface area contributed by atoms with Gasteiger partial charge in [0.15, 0.2) is 5.82 Å². The normalized spacial score (nSPS) is 12.0. The van der Waals surface area contributed by atoms with Crippen molar-refractivity contribution in [2.75, 3.05) is 0 Å². The lowest BCUT2D eigenvalue weighted by atomic mass is 10.1. The maximum Gasteiger partial charge on any atom is 0.416 e. The highest BCUT2D eigenvalue weighted by Gasteiger charge is 2.30. The fourth-order valence-electron chi connectivity index (χ4n) is 1.92. The van der Waals surface area contributed by atoms with Crippen LogP contribution in [0.25, 0.3) is 11.4 Å². The summed E-state index contributed by atoms with van der Waals surface area (Å²) in [6, 6.07) is 6.42. The van der Waals surface area contributed by atoms with Crippen LogP contribution >= 0.6 is 11.6 Å². The number of nitrogens with zero attached hydrogens (tertiary/aromatic N) is 2. The monoisotopic (exact) mass is 314 g/mol. The largest absolute Gasteiger partial charge is 0.416 e. The number of alkyl halides is 3. The molecule has 112 valence electrons. The number of benzene rings is 1. The molecule has 0 saturated heterocycles. The molecule has 2 nitrogen and oxygen atoms in total. The van der Waals surface area contributed by atoms with Gasteiger partial charge in [-0.1, -0.05) is 37.6 Å². The fraction of sp³-hybridized carbons (Fsp3) is 0.333. The molecule has 0 radical (unpaired) electrons. The molecule has 2 rings (SSSR count). The SMILES string of the molecule is CC(C)Cc1cc(Cl)nc(-c2ccc(C(F)(F)F)cc2)n1. The van der Waals surface area contributed by atoms with Crippen LogP contribution in [-0.2, 0) is 12.6 Å². The Labute approximate surface area is 126 Å². The van der Waals surface area contributed by atoms with Crippen LogP contribution in [0.2, 0.25) is 5.15 Å². The minimum Gasteiger partial charge on any atom is -0.233 e. The average molecular weight is 315 g/mol. The molecule has 0 bridgehead atoms. The lowest BCUT2D eigenvalue weighted by Crippen LogP contribution is -2.04. The van der Waals surface area contributed by atoms with Crippen LogP contribution in [-0.4, -0.2) is 9.97 Å². The lowest BCUT2D eigenvalue weighted by molar-refractivity contribution is -0.137. The molecule has 0 N–H and O–H groups in total. The summed E-state index contributed by atoms with van der Waals surface area (Å²) in [4.78, 5) is 8.44. The van der Waals surface area contributed by atoms with Gasteiger partial charge in [-0.05, 0) is 30.5 Å². The Balaban J connectivity index is 2.35. The van der Waals surface area contributed by atoms with Gasteiger partial charge in [0.05, 0.1) is 5.56 Å². The molecule has 1 heterocycles. The zero-order valence-electron chi connectivity index (χ0n) is 11.6. The molecule has 1 aromatic carbocycles. The molecular weight excluding hydrogens is 301 g/mol. The van der Waals surface area contributed by atoms with Gasteiger partial charge in [-0.3, -0.25) is 0 Å². The predicted octanol–water partition coefficient (Wildman–Crippen LogP) is 5.01. The second kappa shape index (κ2) is 6.02. The second-order valence-corrected chi connectivity index (χ2v) is 5.57. The van der Waals surface area contributed by atoms with E-state index in [1.807, 2.05) is 13.8 Å². The summed E-state index contributed by atoms with van der Waals surface area (Å²) >= 11 is 5.96. The van der Waals surface area contributed by atoms with Gasteiger partial charge in [-0.25, -0.2) is 9.97 Å². The molecule has 0 unspecified atom stereocenters. The van der Waals surface area contributed by atoms with Gasteiger partial charge >= 0.3 is 6.18 Å². The van der Waals surface area contributed by atoms with E-state index < -0.39 is 11.7 Å². The van der Waals surface area contributed by atoms with Crippen molar-refractivity contribution in [2.45, 2.75) is 26.4 Å². The quantitative estimate of drug-likeness (QED) is 0.744. The molecule has 0 saturated carbocycles. The zero-order chi connectivity index (χ0) is 15.6. The molecular formula is C15H14ClF3N2. The minimum absolute atomic E-state index is 0.288. The molecule has 0 spiro atoms. The van der Waals surface area contributed by atoms with Crippen molar-refractivity contribution >= 4 is 11.6 Å². The summed E-state index contributed by atoms with van der Waals surface area (Å²) in [6.45, 7) is 4.10. The van der Waals surface area contributed by atoms with Gasteiger partial charge in [0.25, 0.3) is 0 Å². The van der Waals surface area contributed by atoms with E-state index in [9.17, 15) is 13.2 Å². The van der Waals surface area contributed by atoms with Gasteiger partial charge in [0, 0.05) is 11.3 Å². The van der Waals surface area contributed by atoms with E-state index in [0.29, 0.717) is 17.3 Å². The molecule has 0 atom stereocenters. The van der Waals surface area contributed by atoms with Crippen molar-refractivity contribution in [3.63, 3.8) is 0 Å². The van der Waals surface area contributed by atoms with Crippen LogP contribution in [0, 0.1) is 5.92 Å². The lowest BCUT2D eigenvalue weighted by Gasteiger charge is -2.09. The van der Waals surface area contributed by atoms with Crippen LogP contribution in [0.1, 0.15) is 25.1 Å². The Morgan fingerprint density at radius 2 is 1.71 bits per heavy atom. The van der Waals surface area contributed by atoms with Gasteiger partial charge < -0.3 is 0 Å². The van der Waals surface area contributed by atoms with E-state index >= 15 is 0 Å². The number of hydrogen-bond donors (Lipinski definition) is 0. The number of rotatable bonds is 3. The van der Waals surface area contributed by atoms with E-state index in [0.717, 1.165) is 24.2 Å². The number of halogens is 4. The topological polar surface area (TPSA) is 25.8 Å².